The van der Waals surface area contributed by atoms with E-state index in [-0.39, 0.29) is 16.7 Å². The molecule has 1 fully saturated rings. The summed E-state index contributed by atoms with van der Waals surface area (Å²) in [7, 11) is 0. The molecule has 0 unspecified atom stereocenters. The molecular weight excluding hydrogens is 286 g/mol. The number of halogens is 1. The molecule has 0 spiro atoms. The van der Waals surface area contributed by atoms with Crippen LogP contribution in [0.3, 0.4) is 0 Å². The summed E-state index contributed by atoms with van der Waals surface area (Å²) in [5.41, 5.74) is 6.73. The normalized spacial score (nSPS) is 20.7. The highest BCUT2D eigenvalue weighted by atomic mass is 79.9. The smallest absolute Gasteiger partial charge is 0.275 e. The molecular formula is C11H14BrN3O2. The van der Waals surface area contributed by atoms with E-state index in [1.54, 1.807) is 12.1 Å². The van der Waals surface area contributed by atoms with E-state index in [1.165, 1.54) is 0 Å². The number of hydrogen-bond acceptors (Lipinski definition) is 4. The van der Waals surface area contributed by atoms with E-state index in [1.807, 2.05) is 6.07 Å². The van der Waals surface area contributed by atoms with Crippen molar-refractivity contribution in [1.82, 2.24) is 4.90 Å². The van der Waals surface area contributed by atoms with Crippen molar-refractivity contribution >= 4 is 21.6 Å². The Kier molecular flexibility index (Phi) is 3.76. The summed E-state index contributed by atoms with van der Waals surface area (Å²) in [4.78, 5) is 12.8. The maximum atomic E-state index is 11.0. The van der Waals surface area contributed by atoms with Gasteiger partial charge in [-0.3, -0.25) is 15.0 Å². The molecule has 1 aromatic carbocycles. The van der Waals surface area contributed by atoms with Crippen LogP contribution < -0.4 is 5.73 Å². The molecule has 17 heavy (non-hydrogen) atoms. The molecule has 1 aromatic rings. The van der Waals surface area contributed by atoms with Gasteiger partial charge in [0.05, 0.1) is 4.92 Å². The van der Waals surface area contributed by atoms with Crippen molar-refractivity contribution < 1.29 is 4.92 Å². The molecule has 1 aliphatic rings. The Labute approximate surface area is 108 Å². The average Bonchev–Trinajstić information content (AvgIpc) is 2.66. The van der Waals surface area contributed by atoms with Crippen molar-refractivity contribution in [2.75, 3.05) is 13.1 Å². The molecule has 2 N–H and O–H groups in total. The summed E-state index contributed by atoms with van der Waals surface area (Å²) < 4.78 is 0.728. The second kappa shape index (κ2) is 5.12. The molecule has 0 saturated carbocycles. The predicted octanol–water partition coefficient (Wildman–Crippen LogP) is 1.89. The van der Waals surface area contributed by atoms with Crippen molar-refractivity contribution in [3.05, 3.63) is 38.3 Å². The van der Waals surface area contributed by atoms with Gasteiger partial charge in [-0.15, -0.1) is 0 Å². The number of nitro groups is 1. The van der Waals surface area contributed by atoms with Crippen LogP contribution in [0.5, 0.6) is 0 Å². The maximum Gasteiger partial charge on any atom is 0.275 e. The highest BCUT2D eigenvalue weighted by Crippen LogP contribution is 2.25. The zero-order valence-corrected chi connectivity index (χ0v) is 10.9. The van der Waals surface area contributed by atoms with Gasteiger partial charge in [-0.25, -0.2) is 0 Å². The van der Waals surface area contributed by atoms with Gasteiger partial charge < -0.3 is 5.73 Å². The van der Waals surface area contributed by atoms with Gasteiger partial charge in [0, 0.05) is 41.8 Å². The van der Waals surface area contributed by atoms with Crippen LogP contribution in [-0.2, 0) is 6.54 Å². The molecule has 0 aliphatic carbocycles. The molecule has 1 atom stereocenters. The molecule has 92 valence electrons. The molecule has 0 amide bonds. The molecule has 1 heterocycles. The third kappa shape index (κ3) is 3.02. The first-order chi connectivity index (χ1) is 8.06. The maximum absolute atomic E-state index is 11.0. The highest BCUT2D eigenvalue weighted by Gasteiger charge is 2.22. The second-order valence-electron chi connectivity index (χ2n) is 4.31. The lowest BCUT2D eigenvalue weighted by Crippen LogP contribution is -2.26. The van der Waals surface area contributed by atoms with Crippen LogP contribution in [0.4, 0.5) is 5.69 Å². The quantitative estimate of drug-likeness (QED) is 0.683. The SMILES string of the molecule is N[C@@H]1CCN(Cc2ccc(Br)cc2[N+](=O)[O-])C1. The second-order valence-corrected chi connectivity index (χ2v) is 5.23. The number of nitrogens with zero attached hydrogens (tertiary/aromatic N) is 2. The van der Waals surface area contributed by atoms with E-state index in [2.05, 4.69) is 20.8 Å². The number of benzene rings is 1. The first-order valence-corrected chi connectivity index (χ1v) is 6.26. The summed E-state index contributed by atoms with van der Waals surface area (Å²) in [5, 5.41) is 11.0. The number of hydrogen-bond donors (Lipinski definition) is 1. The first-order valence-electron chi connectivity index (χ1n) is 5.47. The van der Waals surface area contributed by atoms with Crippen molar-refractivity contribution in [2.45, 2.75) is 19.0 Å². The monoisotopic (exact) mass is 299 g/mol. The van der Waals surface area contributed by atoms with E-state index in [4.69, 9.17) is 5.73 Å². The summed E-state index contributed by atoms with van der Waals surface area (Å²) in [6.07, 6.45) is 0.963. The topological polar surface area (TPSA) is 72.4 Å². The van der Waals surface area contributed by atoms with Gasteiger partial charge in [-0.2, -0.15) is 0 Å². The minimum atomic E-state index is -0.337. The fourth-order valence-corrected chi connectivity index (χ4v) is 2.44. The fourth-order valence-electron chi connectivity index (χ4n) is 2.09. The fraction of sp³-hybridized carbons (Fsp3) is 0.455. The van der Waals surface area contributed by atoms with Crippen LogP contribution in [-0.4, -0.2) is 29.0 Å². The molecule has 2 rings (SSSR count). The Hall–Kier alpha value is -0.980. The van der Waals surface area contributed by atoms with Gasteiger partial charge in [0.15, 0.2) is 0 Å². The lowest BCUT2D eigenvalue weighted by Gasteiger charge is -2.15. The standard InChI is InChI=1S/C11H14BrN3O2/c12-9-2-1-8(11(5-9)15(16)17)6-14-4-3-10(13)7-14/h1-2,5,10H,3-4,6-7,13H2/t10-/m1/s1. The Bertz CT molecular complexity index is 439. The summed E-state index contributed by atoms with van der Waals surface area (Å²) in [6.45, 7) is 2.32. The molecule has 0 bridgehead atoms. The van der Waals surface area contributed by atoms with E-state index in [0.717, 1.165) is 29.5 Å². The largest absolute Gasteiger partial charge is 0.326 e. The van der Waals surface area contributed by atoms with Gasteiger partial charge in [-0.05, 0) is 18.6 Å². The minimum Gasteiger partial charge on any atom is -0.326 e. The van der Waals surface area contributed by atoms with Crippen molar-refractivity contribution in [2.24, 2.45) is 5.73 Å². The van der Waals surface area contributed by atoms with E-state index >= 15 is 0 Å². The van der Waals surface area contributed by atoms with E-state index < -0.39 is 0 Å². The molecule has 0 aromatic heterocycles. The Morgan fingerprint density at radius 2 is 2.35 bits per heavy atom. The summed E-state index contributed by atoms with van der Waals surface area (Å²) in [5.74, 6) is 0. The first kappa shape index (κ1) is 12.5. The van der Waals surface area contributed by atoms with Crippen LogP contribution in [0.2, 0.25) is 0 Å². The Morgan fingerprint density at radius 3 is 2.94 bits per heavy atom. The average molecular weight is 300 g/mol. The number of nitrogens with two attached hydrogens (primary N) is 1. The predicted molar refractivity (Wildman–Crippen MR) is 68.7 cm³/mol. The van der Waals surface area contributed by atoms with Crippen molar-refractivity contribution in [3.63, 3.8) is 0 Å². The number of nitro benzene ring substituents is 1. The molecule has 0 radical (unpaired) electrons. The van der Waals surface area contributed by atoms with Crippen molar-refractivity contribution in [3.8, 4) is 0 Å². The van der Waals surface area contributed by atoms with Gasteiger partial charge in [0.2, 0.25) is 0 Å². The van der Waals surface area contributed by atoms with E-state index in [0.29, 0.717) is 6.54 Å². The van der Waals surface area contributed by atoms with Gasteiger partial charge in [0.25, 0.3) is 5.69 Å². The highest BCUT2D eigenvalue weighted by molar-refractivity contribution is 9.10. The molecule has 1 saturated heterocycles. The van der Waals surface area contributed by atoms with Crippen LogP contribution >= 0.6 is 15.9 Å². The van der Waals surface area contributed by atoms with Gasteiger partial charge in [0.1, 0.15) is 0 Å². The number of rotatable bonds is 3. The molecule has 1 aliphatic heterocycles. The Balaban J connectivity index is 2.17. The van der Waals surface area contributed by atoms with Crippen LogP contribution in [0, 0.1) is 10.1 Å². The van der Waals surface area contributed by atoms with Crippen molar-refractivity contribution in [1.29, 1.82) is 0 Å². The Morgan fingerprint density at radius 1 is 1.59 bits per heavy atom. The zero-order valence-electron chi connectivity index (χ0n) is 9.30. The third-order valence-corrected chi connectivity index (χ3v) is 3.44. The van der Waals surface area contributed by atoms with Gasteiger partial charge >= 0.3 is 0 Å². The lowest BCUT2D eigenvalue weighted by molar-refractivity contribution is -0.385. The molecule has 5 nitrogen and oxygen atoms in total. The lowest BCUT2D eigenvalue weighted by atomic mass is 10.1. The van der Waals surface area contributed by atoms with Crippen LogP contribution in [0.25, 0.3) is 0 Å². The van der Waals surface area contributed by atoms with E-state index in [9.17, 15) is 10.1 Å². The van der Waals surface area contributed by atoms with Crippen LogP contribution in [0.1, 0.15) is 12.0 Å². The zero-order chi connectivity index (χ0) is 12.4. The number of likely N-dealkylation sites (tertiary alicyclic amines) is 1. The summed E-state index contributed by atoms with van der Waals surface area (Å²) in [6, 6.07) is 5.37. The summed E-state index contributed by atoms with van der Waals surface area (Å²) >= 11 is 3.25. The van der Waals surface area contributed by atoms with Crippen LogP contribution in [0.15, 0.2) is 22.7 Å². The third-order valence-electron chi connectivity index (χ3n) is 2.95. The van der Waals surface area contributed by atoms with Gasteiger partial charge in [-0.1, -0.05) is 15.9 Å². The molecule has 6 heteroatoms. The minimum absolute atomic E-state index is 0.167.